The molecule has 0 aliphatic carbocycles. The number of anilines is 1. The van der Waals surface area contributed by atoms with E-state index >= 15 is 0 Å². The number of carbonyl (C=O) groups is 1. The molecular formula is C17H15ClN4O2. The quantitative estimate of drug-likeness (QED) is 0.765. The SMILES string of the molecule is Cc1ccc(NC(=O)CCc2nc(-c3ccccn3)no2)cc1Cl. The van der Waals surface area contributed by atoms with E-state index in [9.17, 15) is 4.79 Å². The topological polar surface area (TPSA) is 80.9 Å². The number of nitrogens with zero attached hydrogens (tertiary/aromatic N) is 3. The molecule has 3 aromatic rings. The van der Waals surface area contributed by atoms with E-state index in [2.05, 4.69) is 20.4 Å². The summed E-state index contributed by atoms with van der Waals surface area (Å²) in [5.41, 5.74) is 2.25. The van der Waals surface area contributed by atoms with E-state index in [4.69, 9.17) is 16.1 Å². The lowest BCUT2D eigenvalue weighted by molar-refractivity contribution is -0.116. The fourth-order valence-electron chi connectivity index (χ4n) is 2.07. The molecule has 6 nitrogen and oxygen atoms in total. The van der Waals surface area contributed by atoms with Crippen LogP contribution in [-0.2, 0) is 11.2 Å². The van der Waals surface area contributed by atoms with Gasteiger partial charge in [0.1, 0.15) is 5.69 Å². The first-order valence-electron chi connectivity index (χ1n) is 7.42. The van der Waals surface area contributed by atoms with E-state index in [1.54, 1.807) is 18.3 Å². The largest absolute Gasteiger partial charge is 0.339 e. The molecular weight excluding hydrogens is 328 g/mol. The lowest BCUT2D eigenvalue weighted by atomic mass is 10.2. The van der Waals surface area contributed by atoms with Crippen LogP contribution in [-0.4, -0.2) is 21.0 Å². The molecule has 0 aliphatic rings. The van der Waals surface area contributed by atoms with Crippen molar-refractivity contribution in [2.75, 3.05) is 5.32 Å². The summed E-state index contributed by atoms with van der Waals surface area (Å²) < 4.78 is 5.15. The second-order valence-corrected chi connectivity index (χ2v) is 5.65. The van der Waals surface area contributed by atoms with Crippen molar-refractivity contribution in [1.29, 1.82) is 0 Å². The Balaban J connectivity index is 1.56. The molecule has 0 fully saturated rings. The number of amides is 1. The van der Waals surface area contributed by atoms with Crippen LogP contribution in [0.2, 0.25) is 5.02 Å². The zero-order valence-corrected chi connectivity index (χ0v) is 13.7. The van der Waals surface area contributed by atoms with Crippen LogP contribution in [0, 0.1) is 6.92 Å². The molecule has 3 rings (SSSR count). The van der Waals surface area contributed by atoms with Crippen molar-refractivity contribution in [3.8, 4) is 11.5 Å². The number of rotatable bonds is 5. The van der Waals surface area contributed by atoms with Gasteiger partial charge in [-0.05, 0) is 36.8 Å². The Morgan fingerprint density at radius 1 is 1.29 bits per heavy atom. The zero-order valence-electron chi connectivity index (χ0n) is 13.0. The molecule has 2 heterocycles. The number of aromatic nitrogens is 3. The second-order valence-electron chi connectivity index (χ2n) is 5.24. The van der Waals surface area contributed by atoms with E-state index in [0.29, 0.717) is 34.5 Å². The molecule has 0 saturated heterocycles. The molecule has 0 radical (unpaired) electrons. The Morgan fingerprint density at radius 3 is 2.92 bits per heavy atom. The predicted octanol–water partition coefficient (Wildman–Crippen LogP) is 3.66. The maximum atomic E-state index is 12.0. The smallest absolute Gasteiger partial charge is 0.227 e. The molecule has 1 aromatic carbocycles. The first kappa shape index (κ1) is 16.1. The minimum absolute atomic E-state index is 0.146. The highest BCUT2D eigenvalue weighted by Gasteiger charge is 2.11. The highest BCUT2D eigenvalue weighted by atomic mass is 35.5. The van der Waals surface area contributed by atoms with Gasteiger partial charge in [-0.3, -0.25) is 9.78 Å². The van der Waals surface area contributed by atoms with Gasteiger partial charge in [0.05, 0.1) is 0 Å². The first-order chi connectivity index (χ1) is 11.6. The van der Waals surface area contributed by atoms with Gasteiger partial charge in [0.15, 0.2) is 0 Å². The van der Waals surface area contributed by atoms with Gasteiger partial charge in [-0.1, -0.05) is 28.9 Å². The molecule has 1 amide bonds. The number of halogens is 1. The number of aryl methyl sites for hydroxylation is 2. The van der Waals surface area contributed by atoms with Gasteiger partial charge in [0, 0.05) is 29.7 Å². The van der Waals surface area contributed by atoms with Gasteiger partial charge in [-0.2, -0.15) is 4.98 Å². The summed E-state index contributed by atoms with van der Waals surface area (Å²) in [6, 6.07) is 10.8. The van der Waals surface area contributed by atoms with Gasteiger partial charge < -0.3 is 9.84 Å². The Labute approximate surface area is 143 Å². The predicted molar refractivity (Wildman–Crippen MR) is 90.7 cm³/mol. The summed E-state index contributed by atoms with van der Waals surface area (Å²) in [5, 5.41) is 7.28. The standard InChI is InChI=1S/C17H15ClN4O2/c1-11-5-6-12(10-13(11)18)20-15(23)7-8-16-21-17(22-24-16)14-4-2-3-9-19-14/h2-6,9-10H,7-8H2,1H3,(H,20,23). The number of hydrogen-bond acceptors (Lipinski definition) is 5. The first-order valence-corrected chi connectivity index (χ1v) is 7.79. The van der Waals surface area contributed by atoms with Crippen LogP contribution in [0.4, 0.5) is 5.69 Å². The van der Waals surface area contributed by atoms with E-state index in [0.717, 1.165) is 5.56 Å². The number of benzene rings is 1. The molecule has 0 spiro atoms. The fraction of sp³-hybridized carbons (Fsp3) is 0.176. The maximum absolute atomic E-state index is 12.0. The highest BCUT2D eigenvalue weighted by Crippen LogP contribution is 2.20. The third-order valence-corrected chi connectivity index (χ3v) is 3.79. The van der Waals surface area contributed by atoms with Crippen LogP contribution in [0.5, 0.6) is 0 Å². The number of pyridine rings is 1. The van der Waals surface area contributed by atoms with E-state index in [-0.39, 0.29) is 12.3 Å². The minimum Gasteiger partial charge on any atom is -0.339 e. The lowest BCUT2D eigenvalue weighted by Crippen LogP contribution is -2.12. The Hall–Kier alpha value is -2.73. The zero-order chi connectivity index (χ0) is 16.9. The Morgan fingerprint density at radius 2 is 2.17 bits per heavy atom. The molecule has 122 valence electrons. The van der Waals surface area contributed by atoms with Crippen molar-refractivity contribution in [1.82, 2.24) is 15.1 Å². The maximum Gasteiger partial charge on any atom is 0.227 e. The van der Waals surface area contributed by atoms with Crippen LogP contribution < -0.4 is 5.32 Å². The van der Waals surface area contributed by atoms with Gasteiger partial charge in [-0.25, -0.2) is 0 Å². The van der Waals surface area contributed by atoms with Crippen molar-refractivity contribution >= 4 is 23.2 Å². The average molecular weight is 343 g/mol. The molecule has 2 aromatic heterocycles. The van der Waals surface area contributed by atoms with E-state index < -0.39 is 0 Å². The monoisotopic (exact) mass is 342 g/mol. The Bertz CT molecular complexity index is 849. The normalized spacial score (nSPS) is 10.6. The molecule has 0 atom stereocenters. The average Bonchev–Trinajstić information content (AvgIpc) is 3.06. The molecule has 0 aliphatic heterocycles. The van der Waals surface area contributed by atoms with Crippen molar-refractivity contribution in [2.24, 2.45) is 0 Å². The van der Waals surface area contributed by atoms with E-state index in [1.807, 2.05) is 31.2 Å². The molecule has 0 bridgehead atoms. The van der Waals surface area contributed by atoms with E-state index in [1.165, 1.54) is 0 Å². The minimum atomic E-state index is -0.146. The van der Waals surface area contributed by atoms with Crippen molar-refractivity contribution in [2.45, 2.75) is 19.8 Å². The fourth-order valence-corrected chi connectivity index (χ4v) is 2.25. The number of nitrogens with one attached hydrogen (secondary N) is 1. The third-order valence-electron chi connectivity index (χ3n) is 3.38. The van der Waals surface area contributed by atoms with Crippen LogP contribution >= 0.6 is 11.6 Å². The van der Waals surface area contributed by atoms with Crippen LogP contribution in [0.25, 0.3) is 11.5 Å². The van der Waals surface area contributed by atoms with Crippen LogP contribution in [0.1, 0.15) is 17.9 Å². The number of hydrogen-bond donors (Lipinski definition) is 1. The highest BCUT2D eigenvalue weighted by molar-refractivity contribution is 6.31. The molecule has 24 heavy (non-hydrogen) atoms. The molecule has 0 saturated carbocycles. The van der Waals surface area contributed by atoms with Gasteiger partial charge in [-0.15, -0.1) is 0 Å². The van der Waals surface area contributed by atoms with Gasteiger partial charge >= 0.3 is 0 Å². The van der Waals surface area contributed by atoms with Crippen molar-refractivity contribution in [3.05, 3.63) is 59.1 Å². The Kier molecular flexibility index (Phi) is 4.86. The molecule has 1 N–H and O–H groups in total. The third kappa shape index (κ3) is 3.97. The summed E-state index contributed by atoms with van der Waals surface area (Å²) >= 11 is 6.04. The lowest BCUT2D eigenvalue weighted by Gasteiger charge is -2.06. The summed E-state index contributed by atoms with van der Waals surface area (Å²) in [5.74, 6) is 0.663. The summed E-state index contributed by atoms with van der Waals surface area (Å²) in [7, 11) is 0. The van der Waals surface area contributed by atoms with Crippen LogP contribution in [0.15, 0.2) is 47.1 Å². The summed E-state index contributed by atoms with van der Waals surface area (Å²) in [6.07, 6.45) is 2.24. The second kappa shape index (κ2) is 7.23. The molecule has 7 heteroatoms. The summed E-state index contributed by atoms with van der Waals surface area (Å²) in [4.78, 5) is 20.4. The summed E-state index contributed by atoms with van der Waals surface area (Å²) in [6.45, 7) is 1.91. The van der Waals surface area contributed by atoms with Gasteiger partial charge in [0.2, 0.25) is 17.6 Å². The molecule has 0 unspecified atom stereocenters. The van der Waals surface area contributed by atoms with Crippen molar-refractivity contribution < 1.29 is 9.32 Å². The van der Waals surface area contributed by atoms with Gasteiger partial charge in [0.25, 0.3) is 0 Å². The number of carbonyl (C=O) groups excluding carboxylic acids is 1. The van der Waals surface area contributed by atoms with Crippen LogP contribution in [0.3, 0.4) is 0 Å². The van der Waals surface area contributed by atoms with Crippen molar-refractivity contribution in [3.63, 3.8) is 0 Å².